The summed E-state index contributed by atoms with van der Waals surface area (Å²) in [5.74, 6) is 1.39. The summed E-state index contributed by atoms with van der Waals surface area (Å²) in [7, 11) is 0. The maximum atomic E-state index is 11.1. The molecule has 0 aliphatic carbocycles. The van der Waals surface area contributed by atoms with Crippen molar-refractivity contribution in [1.82, 2.24) is 5.32 Å². The Hall–Kier alpha value is -1.55. The van der Waals surface area contributed by atoms with Crippen LogP contribution < -0.4 is 10.1 Å². The molecule has 0 amide bonds. The first-order chi connectivity index (χ1) is 9.93. The van der Waals surface area contributed by atoms with E-state index in [1.54, 1.807) is 24.3 Å². The van der Waals surface area contributed by atoms with Crippen molar-refractivity contribution >= 4 is 5.97 Å². The smallest absolute Gasteiger partial charge is 0.339 e. The van der Waals surface area contributed by atoms with Crippen molar-refractivity contribution in [2.75, 3.05) is 19.7 Å². The zero-order valence-corrected chi connectivity index (χ0v) is 13.4. The standard InChI is InChI=1S/C17H27NO3/c1-12(2)15(13(3)4)11-18-9-10-21-16-8-6-5-7-14(16)17(19)20/h5-8,12-13,15,18H,9-11H2,1-4H3,(H,19,20). The van der Waals surface area contributed by atoms with Crippen LogP contribution in [0.25, 0.3) is 0 Å². The van der Waals surface area contributed by atoms with Crippen LogP contribution in [0.15, 0.2) is 24.3 Å². The number of carboxylic acids is 1. The molecule has 0 unspecified atom stereocenters. The molecule has 1 rings (SSSR count). The summed E-state index contributed by atoms with van der Waals surface area (Å²) >= 11 is 0. The Morgan fingerprint density at radius 3 is 2.38 bits per heavy atom. The van der Waals surface area contributed by atoms with Crippen molar-refractivity contribution in [2.24, 2.45) is 17.8 Å². The third kappa shape index (κ3) is 5.76. The molecule has 0 atom stereocenters. The molecule has 2 N–H and O–H groups in total. The number of hydrogen-bond donors (Lipinski definition) is 2. The van der Waals surface area contributed by atoms with Gasteiger partial charge in [-0.3, -0.25) is 0 Å². The summed E-state index contributed by atoms with van der Waals surface area (Å²) in [6, 6.07) is 6.72. The lowest BCUT2D eigenvalue weighted by Gasteiger charge is -2.25. The second-order valence-electron chi connectivity index (χ2n) is 6.01. The Kier molecular flexibility index (Phi) is 7.23. The van der Waals surface area contributed by atoms with Gasteiger partial charge in [-0.15, -0.1) is 0 Å². The number of nitrogens with one attached hydrogen (secondary N) is 1. The largest absolute Gasteiger partial charge is 0.491 e. The summed E-state index contributed by atoms with van der Waals surface area (Å²) in [6.07, 6.45) is 0. The van der Waals surface area contributed by atoms with Gasteiger partial charge in [-0.25, -0.2) is 4.79 Å². The lowest BCUT2D eigenvalue weighted by Crippen LogP contribution is -2.32. The Balaban J connectivity index is 2.36. The Morgan fingerprint density at radius 2 is 1.81 bits per heavy atom. The lowest BCUT2D eigenvalue weighted by molar-refractivity contribution is 0.0692. The summed E-state index contributed by atoms with van der Waals surface area (Å²) in [5, 5.41) is 12.5. The van der Waals surface area contributed by atoms with Crippen LogP contribution >= 0.6 is 0 Å². The zero-order chi connectivity index (χ0) is 15.8. The van der Waals surface area contributed by atoms with E-state index in [-0.39, 0.29) is 5.56 Å². The van der Waals surface area contributed by atoms with Gasteiger partial charge >= 0.3 is 5.97 Å². The molecule has 1 aromatic carbocycles. The summed E-state index contributed by atoms with van der Waals surface area (Å²) in [5.41, 5.74) is 0.208. The molecule has 118 valence electrons. The van der Waals surface area contributed by atoms with Crippen molar-refractivity contribution < 1.29 is 14.6 Å². The first-order valence-electron chi connectivity index (χ1n) is 7.59. The van der Waals surface area contributed by atoms with E-state index in [0.717, 1.165) is 6.54 Å². The molecular formula is C17H27NO3. The fourth-order valence-corrected chi connectivity index (χ4v) is 2.51. The third-order valence-corrected chi connectivity index (χ3v) is 3.75. The highest BCUT2D eigenvalue weighted by atomic mass is 16.5. The maximum absolute atomic E-state index is 11.1. The van der Waals surface area contributed by atoms with E-state index in [4.69, 9.17) is 9.84 Å². The van der Waals surface area contributed by atoms with Gasteiger partial charge in [0.1, 0.15) is 17.9 Å². The molecule has 0 radical (unpaired) electrons. The van der Waals surface area contributed by atoms with Crippen molar-refractivity contribution in [2.45, 2.75) is 27.7 Å². The average molecular weight is 293 g/mol. The highest BCUT2D eigenvalue weighted by Gasteiger charge is 2.16. The van der Waals surface area contributed by atoms with Gasteiger partial charge in [0.2, 0.25) is 0 Å². The number of benzene rings is 1. The third-order valence-electron chi connectivity index (χ3n) is 3.75. The molecule has 1 aromatic rings. The van der Waals surface area contributed by atoms with Crippen molar-refractivity contribution in [3.05, 3.63) is 29.8 Å². The lowest BCUT2D eigenvalue weighted by atomic mass is 9.85. The van der Waals surface area contributed by atoms with Gasteiger partial charge in [-0.1, -0.05) is 39.8 Å². The summed E-state index contributed by atoms with van der Waals surface area (Å²) < 4.78 is 5.56. The molecule has 0 aliphatic rings. The highest BCUT2D eigenvalue weighted by Crippen LogP contribution is 2.19. The van der Waals surface area contributed by atoms with Gasteiger partial charge in [-0.05, 0) is 36.4 Å². The van der Waals surface area contributed by atoms with E-state index < -0.39 is 5.97 Å². The molecule has 0 aromatic heterocycles. The van der Waals surface area contributed by atoms with Gasteiger partial charge in [-0.2, -0.15) is 0 Å². The molecule has 0 aliphatic heterocycles. The van der Waals surface area contributed by atoms with Crippen molar-refractivity contribution in [1.29, 1.82) is 0 Å². The molecular weight excluding hydrogens is 266 g/mol. The summed E-state index contributed by atoms with van der Waals surface area (Å²) in [4.78, 5) is 11.1. The number of carbonyl (C=O) groups is 1. The molecule has 0 fully saturated rings. The minimum Gasteiger partial charge on any atom is -0.491 e. The number of aromatic carboxylic acids is 1. The van der Waals surface area contributed by atoms with Crippen LogP contribution in [0, 0.1) is 17.8 Å². The first kappa shape index (κ1) is 17.5. The number of para-hydroxylation sites is 1. The maximum Gasteiger partial charge on any atom is 0.339 e. The molecule has 0 saturated carbocycles. The van der Waals surface area contributed by atoms with Crippen LogP contribution in [0.3, 0.4) is 0 Å². The van der Waals surface area contributed by atoms with Crippen LogP contribution in [-0.2, 0) is 0 Å². The number of rotatable bonds is 9. The topological polar surface area (TPSA) is 58.6 Å². The monoisotopic (exact) mass is 293 g/mol. The van der Waals surface area contributed by atoms with Gasteiger partial charge in [0.05, 0.1) is 0 Å². The Labute approximate surface area is 127 Å². The van der Waals surface area contributed by atoms with Gasteiger partial charge < -0.3 is 15.2 Å². The van der Waals surface area contributed by atoms with Gasteiger partial charge in [0.15, 0.2) is 0 Å². The summed E-state index contributed by atoms with van der Waals surface area (Å²) in [6.45, 7) is 11.1. The Bertz CT molecular complexity index is 435. The molecule has 21 heavy (non-hydrogen) atoms. The van der Waals surface area contributed by atoms with Crippen LogP contribution in [0.2, 0.25) is 0 Å². The SMILES string of the molecule is CC(C)C(CNCCOc1ccccc1C(=O)O)C(C)C. The fraction of sp³-hybridized carbons (Fsp3) is 0.588. The fourth-order valence-electron chi connectivity index (χ4n) is 2.51. The van der Waals surface area contributed by atoms with Crippen molar-refractivity contribution in [3.8, 4) is 5.75 Å². The molecule has 0 saturated heterocycles. The minimum absolute atomic E-state index is 0.208. The van der Waals surface area contributed by atoms with E-state index in [9.17, 15) is 4.79 Å². The second-order valence-corrected chi connectivity index (χ2v) is 6.01. The van der Waals surface area contributed by atoms with Crippen LogP contribution in [0.1, 0.15) is 38.1 Å². The first-order valence-corrected chi connectivity index (χ1v) is 7.59. The van der Waals surface area contributed by atoms with E-state index in [2.05, 4.69) is 33.0 Å². The zero-order valence-electron chi connectivity index (χ0n) is 13.4. The Morgan fingerprint density at radius 1 is 1.19 bits per heavy atom. The van der Waals surface area contributed by atoms with Crippen LogP contribution in [-0.4, -0.2) is 30.8 Å². The van der Waals surface area contributed by atoms with E-state index in [0.29, 0.717) is 36.7 Å². The normalized spacial score (nSPS) is 11.4. The number of hydrogen-bond acceptors (Lipinski definition) is 3. The molecule has 4 heteroatoms. The van der Waals surface area contributed by atoms with Gasteiger partial charge in [0, 0.05) is 6.54 Å². The van der Waals surface area contributed by atoms with E-state index in [1.165, 1.54) is 0 Å². The highest BCUT2D eigenvalue weighted by molar-refractivity contribution is 5.90. The molecule has 4 nitrogen and oxygen atoms in total. The number of ether oxygens (including phenoxy) is 1. The molecule has 0 bridgehead atoms. The average Bonchev–Trinajstić information content (AvgIpc) is 2.42. The minimum atomic E-state index is -0.960. The van der Waals surface area contributed by atoms with Crippen molar-refractivity contribution in [3.63, 3.8) is 0 Å². The molecule has 0 spiro atoms. The second kappa shape index (κ2) is 8.67. The van der Waals surface area contributed by atoms with Gasteiger partial charge in [0.25, 0.3) is 0 Å². The van der Waals surface area contributed by atoms with Crippen LogP contribution in [0.4, 0.5) is 0 Å². The predicted octanol–water partition coefficient (Wildman–Crippen LogP) is 3.28. The predicted molar refractivity (Wildman–Crippen MR) is 84.9 cm³/mol. The van der Waals surface area contributed by atoms with E-state index in [1.807, 2.05) is 0 Å². The van der Waals surface area contributed by atoms with E-state index >= 15 is 0 Å². The molecule has 0 heterocycles. The quantitative estimate of drug-likeness (QED) is 0.686. The number of carboxylic acid groups (broad SMARTS) is 1. The van der Waals surface area contributed by atoms with Crippen LogP contribution in [0.5, 0.6) is 5.75 Å².